The van der Waals surface area contributed by atoms with E-state index in [1.807, 2.05) is 13.0 Å². The first kappa shape index (κ1) is 14.6. The van der Waals surface area contributed by atoms with Gasteiger partial charge in [-0.05, 0) is 19.1 Å². The molecule has 0 fully saturated rings. The van der Waals surface area contributed by atoms with Crippen LogP contribution in [-0.4, -0.2) is 15.0 Å². The van der Waals surface area contributed by atoms with Gasteiger partial charge in [0.25, 0.3) is 0 Å². The first-order valence-corrected chi connectivity index (χ1v) is 6.70. The summed E-state index contributed by atoms with van der Waals surface area (Å²) in [4.78, 5) is 23.7. The number of nitrogens with zero attached hydrogens (tertiary/aromatic N) is 3. The quantitative estimate of drug-likeness (QED) is 0.905. The average Bonchev–Trinajstić information content (AvgIpc) is 2.86. The normalized spacial score (nSPS) is 10.1. The molecule has 0 aliphatic carbocycles. The summed E-state index contributed by atoms with van der Waals surface area (Å²) in [6, 6.07) is 8.83. The number of imidazole rings is 1. The van der Waals surface area contributed by atoms with Crippen LogP contribution in [0.1, 0.15) is 18.9 Å². The van der Waals surface area contributed by atoms with Crippen LogP contribution < -0.4 is 11.0 Å². The van der Waals surface area contributed by atoms with Gasteiger partial charge in [-0.25, -0.2) is 4.79 Å². The number of benzene rings is 1. The van der Waals surface area contributed by atoms with Crippen LogP contribution in [0.4, 0.5) is 5.69 Å². The molecule has 2 aromatic rings. The predicted molar refractivity (Wildman–Crippen MR) is 78.8 cm³/mol. The molecule has 0 radical (unpaired) electrons. The Bertz CT molecular complexity index is 737. The summed E-state index contributed by atoms with van der Waals surface area (Å²) in [5, 5.41) is 11.6. The van der Waals surface area contributed by atoms with Crippen molar-refractivity contribution in [2.75, 3.05) is 5.32 Å². The Kier molecular flexibility index (Phi) is 4.57. The average molecular weight is 284 g/mol. The standard InChI is InChI=1S/C15H16N4O2/c1-2-18-9-10-19(15(18)21)8-7-14(20)17-13-6-4-3-5-12(13)11-16/h3-6,9-10H,2,7-8H2,1H3,(H,17,20). The van der Waals surface area contributed by atoms with Gasteiger partial charge in [-0.3, -0.25) is 13.9 Å². The Morgan fingerprint density at radius 2 is 2.00 bits per heavy atom. The number of nitrogens with one attached hydrogen (secondary N) is 1. The van der Waals surface area contributed by atoms with Gasteiger partial charge >= 0.3 is 5.69 Å². The number of para-hydroxylation sites is 1. The maximum atomic E-state index is 11.9. The first-order chi connectivity index (χ1) is 10.2. The molecule has 0 unspecified atom stereocenters. The van der Waals surface area contributed by atoms with Gasteiger partial charge in [0.15, 0.2) is 0 Å². The van der Waals surface area contributed by atoms with Gasteiger partial charge in [0.05, 0.1) is 11.3 Å². The number of nitriles is 1. The molecule has 1 aromatic carbocycles. The minimum absolute atomic E-state index is 0.122. The van der Waals surface area contributed by atoms with Crippen LogP contribution in [0.15, 0.2) is 41.5 Å². The summed E-state index contributed by atoms with van der Waals surface area (Å²) < 4.78 is 3.07. The molecule has 21 heavy (non-hydrogen) atoms. The highest BCUT2D eigenvalue weighted by Gasteiger charge is 2.08. The van der Waals surface area contributed by atoms with E-state index < -0.39 is 0 Å². The Hall–Kier alpha value is -2.81. The Morgan fingerprint density at radius 1 is 1.29 bits per heavy atom. The van der Waals surface area contributed by atoms with E-state index in [9.17, 15) is 9.59 Å². The van der Waals surface area contributed by atoms with Gasteiger partial charge in [-0.15, -0.1) is 0 Å². The zero-order valence-electron chi connectivity index (χ0n) is 11.7. The number of amides is 1. The van der Waals surface area contributed by atoms with E-state index in [1.165, 1.54) is 4.57 Å². The Morgan fingerprint density at radius 3 is 2.67 bits per heavy atom. The molecule has 0 aliphatic rings. The third-order valence-electron chi connectivity index (χ3n) is 3.16. The molecule has 0 saturated carbocycles. The van der Waals surface area contributed by atoms with Crippen molar-refractivity contribution in [2.24, 2.45) is 0 Å². The zero-order chi connectivity index (χ0) is 15.2. The van der Waals surface area contributed by atoms with Gasteiger partial charge in [-0.2, -0.15) is 5.26 Å². The number of hydrogen-bond acceptors (Lipinski definition) is 3. The topological polar surface area (TPSA) is 79.8 Å². The van der Waals surface area contributed by atoms with E-state index in [4.69, 9.17) is 5.26 Å². The van der Waals surface area contributed by atoms with Crippen LogP contribution in [0.25, 0.3) is 0 Å². The summed E-state index contributed by atoms with van der Waals surface area (Å²) in [6.07, 6.45) is 3.54. The predicted octanol–water partition coefficient (Wildman–Crippen LogP) is 1.57. The largest absolute Gasteiger partial charge is 0.328 e. The minimum atomic E-state index is -0.228. The van der Waals surface area contributed by atoms with Gasteiger partial charge in [0.1, 0.15) is 6.07 Å². The molecule has 108 valence electrons. The zero-order valence-corrected chi connectivity index (χ0v) is 11.7. The second kappa shape index (κ2) is 6.57. The summed E-state index contributed by atoms with van der Waals surface area (Å²) in [5.41, 5.74) is 0.784. The van der Waals surface area contributed by atoms with Crippen molar-refractivity contribution in [1.82, 2.24) is 9.13 Å². The van der Waals surface area contributed by atoms with Gasteiger partial charge < -0.3 is 5.32 Å². The molecular weight excluding hydrogens is 268 g/mol. The molecule has 0 atom stereocenters. The first-order valence-electron chi connectivity index (χ1n) is 6.70. The molecule has 1 heterocycles. The molecule has 1 N–H and O–H groups in total. The molecule has 1 amide bonds. The van der Waals surface area contributed by atoms with E-state index in [0.29, 0.717) is 24.3 Å². The second-order valence-corrected chi connectivity index (χ2v) is 4.52. The number of hydrogen-bond donors (Lipinski definition) is 1. The Labute approximate surface area is 122 Å². The highest BCUT2D eigenvalue weighted by atomic mass is 16.2. The number of carbonyl (C=O) groups is 1. The SMILES string of the molecule is CCn1ccn(CCC(=O)Nc2ccccc2C#N)c1=O. The van der Waals surface area contributed by atoms with E-state index in [2.05, 4.69) is 5.32 Å². The highest BCUT2D eigenvalue weighted by Crippen LogP contribution is 2.13. The highest BCUT2D eigenvalue weighted by molar-refractivity contribution is 5.92. The third kappa shape index (κ3) is 3.39. The van der Waals surface area contributed by atoms with Crippen molar-refractivity contribution in [2.45, 2.75) is 26.4 Å². The third-order valence-corrected chi connectivity index (χ3v) is 3.16. The molecule has 1 aromatic heterocycles. The van der Waals surface area contributed by atoms with E-state index in [0.717, 1.165) is 0 Å². The van der Waals surface area contributed by atoms with Crippen LogP contribution >= 0.6 is 0 Å². The van der Waals surface area contributed by atoms with E-state index in [-0.39, 0.29) is 18.0 Å². The minimum Gasteiger partial charge on any atom is -0.325 e. The van der Waals surface area contributed by atoms with E-state index in [1.54, 1.807) is 41.2 Å². The Balaban J connectivity index is 1.98. The van der Waals surface area contributed by atoms with Crippen molar-refractivity contribution >= 4 is 11.6 Å². The van der Waals surface area contributed by atoms with Crippen molar-refractivity contribution in [3.8, 4) is 6.07 Å². The molecule has 0 aliphatic heterocycles. The molecule has 0 bridgehead atoms. The summed E-state index contributed by atoms with van der Waals surface area (Å²) >= 11 is 0. The number of aromatic nitrogens is 2. The smallest absolute Gasteiger partial charge is 0.325 e. The van der Waals surface area contributed by atoms with Crippen LogP contribution in [0.5, 0.6) is 0 Å². The maximum Gasteiger partial charge on any atom is 0.328 e. The van der Waals surface area contributed by atoms with Gasteiger partial charge in [0, 0.05) is 31.9 Å². The fraction of sp³-hybridized carbons (Fsp3) is 0.267. The summed E-state index contributed by atoms with van der Waals surface area (Å²) in [5.74, 6) is -0.228. The lowest BCUT2D eigenvalue weighted by Gasteiger charge is -2.06. The molecule has 0 saturated heterocycles. The maximum absolute atomic E-state index is 11.9. The van der Waals surface area contributed by atoms with Crippen LogP contribution in [-0.2, 0) is 17.9 Å². The number of aryl methyl sites for hydroxylation is 2. The molecular formula is C15H16N4O2. The molecule has 6 heteroatoms. The second-order valence-electron chi connectivity index (χ2n) is 4.52. The van der Waals surface area contributed by atoms with Crippen LogP contribution in [0.3, 0.4) is 0 Å². The molecule has 6 nitrogen and oxygen atoms in total. The number of rotatable bonds is 5. The lowest BCUT2D eigenvalue weighted by Crippen LogP contribution is -2.25. The lowest BCUT2D eigenvalue weighted by atomic mass is 10.2. The monoisotopic (exact) mass is 284 g/mol. The van der Waals surface area contributed by atoms with Gasteiger partial charge in [-0.1, -0.05) is 12.1 Å². The van der Waals surface area contributed by atoms with Gasteiger partial charge in [0.2, 0.25) is 5.91 Å². The van der Waals surface area contributed by atoms with E-state index >= 15 is 0 Å². The van der Waals surface area contributed by atoms with Crippen molar-refractivity contribution < 1.29 is 4.79 Å². The van der Waals surface area contributed by atoms with Crippen molar-refractivity contribution in [3.63, 3.8) is 0 Å². The fourth-order valence-corrected chi connectivity index (χ4v) is 1.99. The molecule has 0 spiro atoms. The summed E-state index contributed by atoms with van der Waals surface area (Å²) in [7, 11) is 0. The fourth-order valence-electron chi connectivity index (χ4n) is 1.99. The number of carbonyl (C=O) groups excluding carboxylic acids is 1. The van der Waals surface area contributed by atoms with Crippen molar-refractivity contribution in [3.05, 3.63) is 52.7 Å². The van der Waals surface area contributed by atoms with Crippen molar-refractivity contribution in [1.29, 1.82) is 5.26 Å². The lowest BCUT2D eigenvalue weighted by molar-refractivity contribution is -0.116. The molecule has 2 rings (SSSR count). The number of anilines is 1. The summed E-state index contributed by atoms with van der Waals surface area (Å²) in [6.45, 7) is 2.80. The van der Waals surface area contributed by atoms with Crippen LogP contribution in [0.2, 0.25) is 0 Å². The van der Waals surface area contributed by atoms with Crippen LogP contribution in [0, 0.1) is 11.3 Å².